The molecule has 0 radical (unpaired) electrons. The van der Waals surface area contributed by atoms with Crippen LogP contribution >= 0.6 is 0 Å². The first-order valence-electron chi connectivity index (χ1n) is 10.8. The Morgan fingerprint density at radius 1 is 0.903 bits per heavy atom. The number of esters is 1. The predicted octanol–water partition coefficient (Wildman–Crippen LogP) is 6.13. The minimum atomic E-state index is -0.359. The third-order valence-electron chi connectivity index (χ3n) is 5.45. The molecule has 0 aliphatic rings. The van der Waals surface area contributed by atoms with Gasteiger partial charge < -0.3 is 9.84 Å². The van der Waals surface area contributed by atoms with Crippen LogP contribution < -0.4 is 0 Å². The summed E-state index contributed by atoms with van der Waals surface area (Å²) in [6.45, 7) is 7.75. The Kier molecular flexibility index (Phi) is 7.80. The van der Waals surface area contributed by atoms with Gasteiger partial charge in [0.2, 0.25) is 0 Å². The molecule has 3 rings (SSSR count). The van der Waals surface area contributed by atoms with E-state index in [2.05, 4.69) is 68.1 Å². The lowest BCUT2D eigenvalue weighted by Gasteiger charge is -2.15. The van der Waals surface area contributed by atoms with Gasteiger partial charge in [-0.05, 0) is 65.1 Å². The average Bonchev–Trinajstić information content (AvgIpc) is 2.81. The highest BCUT2D eigenvalue weighted by Gasteiger charge is 2.10. The summed E-state index contributed by atoms with van der Waals surface area (Å²) in [7, 11) is 0. The summed E-state index contributed by atoms with van der Waals surface area (Å²) in [6, 6.07) is 23.2. The average molecular weight is 415 g/mol. The van der Waals surface area contributed by atoms with Crippen LogP contribution in [0, 0.1) is 0 Å². The van der Waals surface area contributed by atoms with E-state index < -0.39 is 0 Å². The molecule has 0 amide bonds. The van der Waals surface area contributed by atoms with E-state index in [1.54, 1.807) is 6.92 Å². The van der Waals surface area contributed by atoms with Crippen LogP contribution in [0.25, 0.3) is 22.3 Å². The molecule has 0 saturated carbocycles. The van der Waals surface area contributed by atoms with Gasteiger partial charge in [-0.15, -0.1) is 0 Å². The van der Waals surface area contributed by atoms with Crippen LogP contribution in [0.4, 0.5) is 0 Å². The topological polar surface area (TPSA) is 46.5 Å². The number of aryl methyl sites for hydroxylation is 2. The third kappa shape index (κ3) is 5.71. The highest BCUT2D eigenvalue weighted by molar-refractivity contribution is 5.86. The van der Waals surface area contributed by atoms with Gasteiger partial charge >= 0.3 is 5.97 Å². The van der Waals surface area contributed by atoms with Gasteiger partial charge in [0.15, 0.2) is 0 Å². The second kappa shape index (κ2) is 10.7. The molecule has 0 heterocycles. The first-order chi connectivity index (χ1) is 15.0. The maximum Gasteiger partial charge on any atom is 0.333 e. The quantitative estimate of drug-likeness (QED) is 0.260. The molecule has 0 saturated heterocycles. The molecule has 3 nitrogen and oxygen atoms in total. The number of benzene rings is 3. The molecule has 3 heteroatoms. The van der Waals surface area contributed by atoms with E-state index in [4.69, 9.17) is 4.74 Å². The van der Waals surface area contributed by atoms with Gasteiger partial charge in [0.05, 0.1) is 13.2 Å². The maximum absolute atomic E-state index is 11.6. The van der Waals surface area contributed by atoms with Crippen LogP contribution in [0.1, 0.15) is 37.0 Å². The molecular formula is C28H30O3. The fourth-order valence-electron chi connectivity index (χ4n) is 3.71. The molecule has 3 aromatic rings. The van der Waals surface area contributed by atoms with E-state index in [-0.39, 0.29) is 12.6 Å². The van der Waals surface area contributed by atoms with E-state index in [1.165, 1.54) is 22.3 Å². The number of aliphatic hydroxyl groups excluding tert-OH is 1. The van der Waals surface area contributed by atoms with Gasteiger partial charge in [-0.3, -0.25) is 0 Å². The Morgan fingerprint density at radius 3 is 2.29 bits per heavy atom. The lowest BCUT2D eigenvalue weighted by Crippen LogP contribution is -2.07. The summed E-state index contributed by atoms with van der Waals surface area (Å²) in [5.41, 5.74) is 8.47. The fourth-order valence-corrected chi connectivity index (χ4v) is 3.71. The summed E-state index contributed by atoms with van der Waals surface area (Å²) >= 11 is 0. The number of hydrogen-bond acceptors (Lipinski definition) is 3. The van der Waals surface area contributed by atoms with Crippen molar-refractivity contribution in [2.75, 3.05) is 6.61 Å². The van der Waals surface area contributed by atoms with E-state index in [0.29, 0.717) is 18.6 Å². The molecular weight excluding hydrogens is 384 g/mol. The first-order valence-corrected chi connectivity index (χ1v) is 10.8. The Morgan fingerprint density at radius 2 is 1.61 bits per heavy atom. The van der Waals surface area contributed by atoms with Crippen LogP contribution in [0.15, 0.2) is 78.9 Å². The molecule has 0 bridgehead atoms. The van der Waals surface area contributed by atoms with E-state index >= 15 is 0 Å². The summed E-state index contributed by atoms with van der Waals surface area (Å²) < 4.78 is 5.20. The minimum Gasteiger partial charge on any atom is -0.462 e. The zero-order valence-corrected chi connectivity index (χ0v) is 18.4. The summed E-state index contributed by atoms with van der Waals surface area (Å²) in [5, 5.41) is 9.76. The van der Waals surface area contributed by atoms with Crippen molar-refractivity contribution >= 4 is 5.97 Å². The molecule has 0 fully saturated rings. The third-order valence-corrected chi connectivity index (χ3v) is 5.45. The highest BCUT2D eigenvalue weighted by atomic mass is 16.5. The molecule has 0 aromatic heterocycles. The molecule has 0 spiro atoms. The van der Waals surface area contributed by atoms with Crippen LogP contribution in [-0.2, 0) is 29.0 Å². The molecule has 0 aliphatic carbocycles. The largest absolute Gasteiger partial charge is 0.462 e. The van der Waals surface area contributed by atoms with Crippen LogP contribution in [0.3, 0.4) is 0 Å². The van der Waals surface area contributed by atoms with Crippen molar-refractivity contribution in [1.82, 2.24) is 0 Å². The van der Waals surface area contributed by atoms with Gasteiger partial charge in [-0.2, -0.15) is 0 Å². The van der Waals surface area contributed by atoms with Gasteiger partial charge in [-0.1, -0.05) is 80.2 Å². The predicted molar refractivity (Wildman–Crippen MR) is 127 cm³/mol. The molecule has 0 unspecified atom stereocenters. The van der Waals surface area contributed by atoms with E-state index in [1.807, 2.05) is 12.1 Å². The van der Waals surface area contributed by atoms with Gasteiger partial charge in [0.1, 0.15) is 0 Å². The summed E-state index contributed by atoms with van der Waals surface area (Å²) in [6.07, 6.45) is 2.36. The molecule has 31 heavy (non-hydrogen) atoms. The fraction of sp³-hybridized carbons (Fsp3) is 0.250. The summed E-state index contributed by atoms with van der Waals surface area (Å²) in [4.78, 5) is 11.6. The minimum absolute atomic E-state index is 0.00521. The Labute approximate surface area is 185 Å². The molecule has 3 aromatic carbocycles. The van der Waals surface area contributed by atoms with Crippen molar-refractivity contribution in [1.29, 1.82) is 0 Å². The van der Waals surface area contributed by atoms with Crippen molar-refractivity contribution in [2.45, 2.75) is 39.7 Å². The van der Waals surface area contributed by atoms with E-state index in [9.17, 15) is 9.90 Å². The lowest BCUT2D eigenvalue weighted by molar-refractivity contribution is -0.139. The Balaban J connectivity index is 1.83. The zero-order chi connectivity index (χ0) is 22.2. The number of ether oxygens (including phenoxy) is 1. The number of hydrogen-bond donors (Lipinski definition) is 1. The van der Waals surface area contributed by atoms with Crippen molar-refractivity contribution in [3.05, 3.63) is 95.6 Å². The summed E-state index contributed by atoms with van der Waals surface area (Å²) in [5.74, 6) is -0.359. The zero-order valence-electron chi connectivity index (χ0n) is 18.4. The normalized spacial score (nSPS) is 10.7. The Hall–Kier alpha value is -3.17. The first kappa shape index (κ1) is 22.5. The second-order valence-corrected chi connectivity index (χ2v) is 7.75. The van der Waals surface area contributed by atoms with Crippen LogP contribution in [0.5, 0.6) is 0 Å². The number of carbonyl (C=O) groups excluding carboxylic acids is 1. The molecule has 0 atom stereocenters. The SMILES string of the molecule is C=C(C)C(=O)OCCCc1cc(-c2ccc(-c3ccccc3)cc2CC)ccc1CO. The number of rotatable bonds is 9. The molecule has 160 valence electrons. The number of aliphatic hydroxyl groups is 1. The van der Waals surface area contributed by atoms with Crippen LogP contribution in [0.2, 0.25) is 0 Å². The van der Waals surface area contributed by atoms with E-state index in [0.717, 1.165) is 29.5 Å². The Bertz CT molecular complexity index is 1050. The highest BCUT2D eigenvalue weighted by Crippen LogP contribution is 2.31. The number of carbonyl (C=O) groups is 1. The van der Waals surface area contributed by atoms with Crippen LogP contribution in [-0.4, -0.2) is 17.7 Å². The molecule has 0 aliphatic heterocycles. The van der Waals surface area contributed by atoms with Crippen molar-refractivity contribution in [2.24, 2.45) is 0 Å². The lowest BCUT2D eigenvalue weighted by atomic mass is 9.91. The van der Waals surface area contributed by atoms with Crippen molar-refractivity contribution in [3.8, 4) is 22.3 Å². The van der Waals surface area contributed by atoms with Crippen molar-refractivity contribution in [3.63, 3.8) is 0 Å². The smallest absolute Gasteiger partial charge is 0.333 e. The maximum atomic E-state index is 11.6. The van der Waals surface area contributed by atoms with Crippen molar-refractivity contribution < 1.29 is 14.6 Å². The molecule has 1 N–H and O–H groups in total. The second-order valence-electron chi connectivity index (χ2n) is 7.75. The van der Waals surface area contributed by atoms with Gasteiger partial charge in [-0.25, -0.2) is 4.79 Å². The standard InChI is InChI=1S/C28H30O3/c1-4-21-17-24(22-9-6-5-7-10-22)14-15-27(21)25-12-13-26(19-29)23(18-25)11-8-16-31-28(30)20(2)3/h5-7,9-10,12-15,17-18,29H,2,4,8,11,16,19H2,1,3H3. The van der Waals surface area contributed by atoms with Gasteiger partial charge in [0.25, 0.3) is 0 Å². The monoisotopic (exact) mass is 414 g/mol. The van der Waals surface area contributed by atoms with Gasteiger partial charge in [0, 0.05) is 5.57 Å².